The molecule has 2 rings (SSSR count). The van der Waals surface area contributed by atoms with Gasteiger partial charge < -0.3 is 9.64 Å². The lowest BCUT2D eigenvalue weighted by atomic mass is 10.0. The summed E-state index contributed by atoms with van der Waals surface area (Å²) >= 11 is 0. The van der Waals surface area contributed by atoms with Gasteiger partial charge in [0.25, 0.3) is 0 Å². The summed E-state index contributed by atoms with van der Waals surface area (Å²) in [6.45, 7) is 10.5. The molecule has 0 unspecified atom stereocenters. The van der Waals surface area contributed by atoms with Crippen LogP contribution in [0.1, 0.15) is 39.3 Å². The third-order valence-electron chi connectivity index (χ3n) is 2.96. The molecule has 1 aliphatic rings. The molecule has 0 N–H and O–H groups in total. The number of anilines is 1. The first kappa shape index (κ1) is 11.2. The number of fused-ring (bicyclic) bond motifs is 1. The second-order valence-electron chi connectivity index (χ2n) is 4.83. The molecule has 88 valence electrons. The van der Waals surface area contributed by atoms with Gasteiger partial charge in [0.15, 0.2) is 0 Å². The Labute approximate surface area is 97.4 Å². The molecule has 0 aromatic carbocycles. The Hall–Kier alpha value is -1.25. The molecule has 2 heterocycles. The van der Waals surface area contributed by atoms with E-state index in [-0.39, 0.29) is 0 Å². The first-order chi connectivity index (χ1) is 7.61. The maximum absolute atomic E-state index is 5.71. The Bertz CT molecular complexity index is 374. The highest BCUT2D eigenvalue weighted by molar-refractivity contribution is 5.64. The van der Waals surface area contributed by atoms with Gasteiger partial charge in [-0.05, 0) is 19.8 Å². The molecule has 0 fully saturated rings. The minimum atomic E-state index is 0.429. The molecule has 0 radical (unpaired) electrons. The zero-order chi connectivity index (χ0) is 11.7. The van der Waals surface area contributed by atoms with Gasteiger partial charge in [0.2, 0.25) is 0 Å². The number of rotatable bonds is 2. The largest absolute Gasteiger partial charge is 0.489 e. The Morgan fingerprint density at radius 3 is 2.69 bits per heavy atom. The van der Waals surface area contributed by atoms with Crippen molar-refractivity contribution >= 4 is 5.69 Å². The Morgan fingerprint density at radius 2 is 2.06 bits per heavy atom. The van der Waals surface area contributed by atoms with E-state index in [1.54, 1.807) is 0 Å². The highest BCUT2D eigenvalue weighted by Crippen LogP contribution is 2.37. The van der Waals surface area contributed by atoms with Crippen molar-refractivity contribution in [1.82, 2.24) is 4.98 Å². The summed E-state index contributed by atoms with van der Waals surface area (Å²) in [5.74, 6) is 1.41. The third-order valence-corrected chi connectivity index (χ3v) is 2.96. The average Bonchev–Trinajstić information content (AvgIpc) is 2.27. The van der Waals surface area contributed by atoms with Gasteiger partial charge in [-0.2, -0.15) is 0 Å². The molecule has 3 nitrogen and oxygen atoms in total. The van der Waals surface area contributed by atoms with Crippen molar-refractivity contribution in [2.24, 2.45) is 0 Å². The molecule has 1 aliphatic heterocycles. The zero-order valence-corrected chi connectivity index (χ0v) is 10.5. The van der Waals surface area contributed by atoms with Crippen LogP contribution in [0.15, 0.2) is 12.3 Å². The van der Waals surface area contributed by atoms with Crippen LogP contribution in [0.4, 0.5) is 5.69 Å². The Morgan fingerprint density at radius 1 is 1.31 bits per heavy atom. The van der Waals surface area contributed by atoms with E-state index < -0.39 is 0 Å². The summed E-state index contributed by atoms with van der Waals surface area (Å²) < 4.78 is 5.71. The van der Waals surface area contributed by atoms with Crippen LogP contribution in [0.25, 0.3) is 0 Å². The summed E-state index contributed by atoms with van der Waals surface area (Å²) in [5, 5.41) is 0. The van der Waals surface area contributed by atoms with E-state index in [4.69, 9.17) is 4.74 Å². The van der Waals surface area contributed by atoms with E-state index in [9.17, 15) is 0 Å². The average molecular weight is 220 g/mol. The molecule has 0 amide bonds. The fourth-order valence-corrected chi connectivity index (χ4v) is 2.16. The normalized spacial score (nSPS) is 15.2. The molecule has 0 aliphatic carbocycles. The van der Waals surface area contributed by atoms with Gasteiger partial charge in [0.1, 0.15) is 18.0 Å². The number of hydrogen-bond acceptors (Lipinski definition) is 3. The first-order valence-corrected chi connectivity index (χ1v) is 5.99. The van der Waals surface area contributed by atoms with Gasteiger partial charge in [0, 0.05) is 18.3 Å². The molecule has 1 aromatic rings. The third kappa shape index (κ3) is 1.86. The van der Waals surface area contributed by atoms with Crippen LogP contribution in [0.2, 0.25) is 0 Å². The molecule has 3 heteroatoms. The van der Waals surface area contributed by atoms with Crippen molar-refractivity contribution in [2.75, 3.05) is 18.1 Å². The van der Waals surface area contributed by atoms with Gasteiger partial charge in [-0.1, -0.05) is 13.8 Å². The molecular weight excluding hydrogens is 200 g/mol. The van der Waals surface area contributed by atoms with Crippen LogP contribution in [0, 0.1) is 0 Å². The fraction of sp³-hybridized carbons (Fsp3) is 0.615. The summed E-state index contributed by atoms with van der Waals surface area (Å²) in [7, 11) is 0. The van der Waals surface area contributed by atoms with Gasteiger partial charge in [0.05, 0.1) is 12.2 Å². The molecule has 0 bridgehead atoms. The summed E-state index contributed by atoms with van der Waals surface area (Å²) in [4.78, 5) is 6.89. The molecular formula is C13H20N2O. The second-order valence-corrected chi connectivity index (χ2v) is 4.83. The van der Waals surface area contributed by atoms with Crippen molar-refractivity contribution in [2.45, 2.75) is 39.7 Å². The maximum atomic E-state index is 5.71. The maximum Gasteiger partial charge on any atom is 0.146 e. The number of hydrogen-bond donors (Lipinski definition) is 0. The number of ether oxygens (including phenoxy) is 1. The predicted octanol–water partition coefficient (Wildman–Crippen LogP) is 2.81. The van der Waals surface area contributed by atoms with Crippen molar-refractivity contribution in [3.63, 3.8) is 0 Å². The van der Waals surface area contributed by atoms with E-state index in [0.717, 1.165) is 24.6 Å². The molecule has 1 aromatic heterocycles. The highest BCUT2D eigenvalue weighted by atomic mass is 16.5. The summed E-state index contributed by atoms with van der Waals surface area (Å²) in [6, 6.07) is 2.46. The van der Waals surface area contributed by atoms with Crippen molar-refractivity contribution in [1.29, 1.82) is 0 Å². The molecule has 16 heavy (non-hydrogen) atoms. The fourth-order valence-electron chi connectivity index (χ4n) is 2.16. The number of aromatic nitrogens is 1. The SMILES string of the molecule is CC(C)c1nccc2c1N(C(C)C)CCO2. The van der Waals surface area contributed by atoms with Gasteiger partial charge >= 0.3 is 0 Å². The number of pyridine rings is 1. The van der Waals surface area contributed by atoms with Crippen LogP contribution in [-0.4, -0.2) is 24.2 Å². The van der Waals surface area contributed by atoms with Crippen LogP contribution in [-0.2, 0) is 0 Å². The number of nitrogens with zero attached hydrogens (tertiary/aromatic N) is 2. The molecule has 0 spiro atoms. The quantitative estimate of drug-likeness (QED) is 0.766. The minimum absolute atomic E-state index is 0.429. The van der Waals surface area contributed by atoms with Gasteiger partial charge in [-0.3, -0.25) is 4.98 Å². The van der Waals surface area contributed by atoms with Crippen molar-refractivity contribution in [3.8, 4) is 5.75 Å². The van der Waals surface area contributed by atoms with Gasteiger partial charge in [-0.15, -0.1) is 0 Å². The highest BCUT2D eigenvalue weighted by Gasteiger charge is 2.25. The Balaban J connectivity index is 2.51. The van der Waals surface area contributed by atoms with Crippen LogP contribution >= 0.6 is 0 Å². The van der Waals surface area contributed by atoms with Gasteiger partial charge in [-0.25, -0.2) is 0 Å². The Kier molecular flexibility index (Phi) is 3.03. The monoisotopic (exact) mass is 220 g/mol. The topological polar surface area (TPSA) is 25.4 Å². The summed E-state index contributed by atoms with van der Waals surface area (Å²) in [5.41, 5.74) is 2.34. The molecule has 0 saturated heterocycles. The lowest BCUT2D eigenvalue weighted by Gasteiger charge is -2.36. The van der Waals surface area contributed by atoms with E-state index in [2.05, 4.69) is 37.6 Å². The van der Waals surface area contributed by atoms with Crippen LogP contribution in [0.3, 0.4) is 0 Å². The van der Waals surface area contributed by atoms with Crippen molar-refractivity contribution < 1.29 is 4.74 Å². The van der Waals surface area contributed by atoms with E-state index in [0.29, 0.717) is 12.0 Å². The smallest absolute Gasteiger partial charge is 0.146 e. The minimum Gasteiger partial charge on any atom is -0.489 e. The molecule has 0 saturated carbocycles. The molecule has 0 atom stereocenters. The van der Waals surface area contributed by atoms with E-state index >= 15 is 0 Å². The lowest BCUT2D eigenvalue weighted by Crippen LogP contribution is -2.39. The van der Waals surface area contributed by atoms with E-state index in [1.807, 2.05) is 12.3 Å². The van der Waals surface area contributed by atoms with Crippen molar-refractivity contribution in [3.05, 3.63) is 18.0 Å². The van der Waals surface area contributed by atoms with Crippen LogP contribution < -0.4 is 9.64 Å². The first-order valence-electron chi connectivity index (χ1n) is 5.99. The summed E-state index contributed by atoms with van der Waals surface area (Å²) in [6.07, 6.45) is 1.85. The second kappa shape index (κ2) is 4.32. The zero-order valence-electron chi connectivity index (χ0n) is 10.5. The lowest BCUT2D eigenvalue weighted by molar-refractivity contribution is 0.301. The van der Waals surface area contributed by atoms with Crippen LogP contribution in [0.5, 0.6) is 5.75 Å². The standard InChI is InChI=1S/C13H20N2O/c1-9(2)12-13-11(5-6-14-12)16-8-7-15(13)10(3)4/h5-6,9-10H,7-8H2,1-4H3. The van der Waals surface area contributed by atoms with E-state index in [1.165, 1.54) is 5.69 Å². The predicted molar refractivity (Wildman–Crippen MR) is 66.3 cm³/mol.